The van der Waals surface area contributed by atoms with Gasteiger partial charge in [-0.3, -0.25) is 4.79 Å². The Kier molecular flexibility index (Phi) is 3.05. The van der Waals surface area contributed by atoms with Crippen molar-refractivity contribution in [2.24, 2.45) is 0 Å². The van der Waals surface area contributed by atoms with Crippen LogP contribution < -0.4 is 11.3 Å². The Bertz CT molecular complexity index is 592. The van der Waals surface area contributed by atoms with E-state index in [4.69, 9.17) is 15.4 Å². The van der Waals surface area contributed by atoms with Crippen molar-refractivity contribution in [2.45, 2.75) is 17.8 Å². The first-order valence-electron chi connectivity index (χ1n) is 4.68. The summed E-state index contributed by atoms with van der Waals surface area (Å²) in [7, 11) is 0. The van der Waals surface area contributed by atoms with E-state index in [9.17, 15) is 4.79 Å². The summed E-state index contributed by atoms with van der Waals surface area (Å²) < 4.78 is 6.39. The lowest BCUT2D eigenvalue weighted by Gasteiger charge is -2.01. The molecule has 0 aliphatic rings. The van der Waals surface area contributed by atoms with Crippen LogP contribution in [0.1, 0.15) is 11.6 Å². The quantitative estimate of drug-likeness (QED) is 0.597. The summed E-state index contributed by atoms with van der Waals surface area (Å²) in [4.78, 5) is 11.1. The van der Waals surface area contributed by atoms with Crippen LogP contribution >= 0.6 is 11.8 Å². The number of aromatic hydroxyl groups is 1. The van der Waals surface area contributed by atoms with Gasteiger partial charge in [0.05, 0.1) is 5.75 Å². The van der Waals surface area contributed by atoms with E-state index >= 15 is 0 Å². The van der Waals surface area contributed by atoms with Gasteiger partial charge in [-0.15, -0.1) is 10.2 Å². The second kappa shape index (κ2) is 4.50. The molecule has 0 radical (unpaired) electrons. The summed E-state index contributed by atoms with van der Waals surface area (Å²) in [5.74, 6) is 6.66. The SMILES string of the molecule is Cc1nnc(SCc2cc(=O)c(O)co2)n1N. The van der Waals surface area contributed by atoms with E-state index in [1.165, 1.54) is 22.5 Å². The molecule has 7 nitrogen and oxygen atoms in total. The summed E-state index contributed by atoms with van der Waals surface area (Å²) in [5, 5.41) is 17.2. The van der Waals surface area contributed by atoms with Crippen molar-refractivity contribution in [3.05, 3.63) is 34.1 Å². The molecule has 0 aliphatic carbocycles. The predicted molar refractivity (Wildman–Crippen MR) is 61.1 cm³/mol. The molecule has 0 aromatic carbocycles. The van der Waals surface area contributed by atoms with Crippen LogP contribution in [-0.2, 0) is 5.75 Å². The summed E-state index contributed by atoms with van der Waals surface area (Å²) in [6.45, 7) is 1.73. The molecule has 0 saturated heterocycles. The first kappa shape index (κ1) is 11.5. The smallest absolute Gasteiger partial charge is 0.226 e. The third-order valence-corrected chi connectivity index (χ3v) is 3.01. The van der Waals surface area contributed by atoms with Gasteiger partial charge < -0.3 is 15.4 Å². The molecular formula is C9H10N4O3S. The molecule has 0 atom stereocenters. The van der Waals surface area contributed by atoms with Crippen LogP contribution in [0.15, 0.2) is 26.7 Å². The summed E-state index contributed by atoms with van der Waals surface area (Å²) in [6.07, 6.45) is 1.01. The third kappa shape index (κ3) is 2.41. The van der Waals surface area contributed by atoms with Crippen molar-refractivity contribution in [3.8, 4) is 5.75 Å². The van der Waals surface area contributed by atoms with Crippen molar-refractivity contribution in [2.75, 3.05) is 5.84 Å². The van der Waals surface area contributed by atoms with E-state index in [0.29, 0.717) is 22.5 Å². The number of hydrogen-bond donors (Lipinski definition) is 2. The Labute approximate surface area is 100 Å². The second-order valence-electron chi connectivity index (χ2n) is 3.28. The van der Waals surface area contributed by atoms with Gasteiger partial charge in [0.2, 0.25) is 10.6 Å². The van der Waals surface area contributed by atoms with Crippen LogP contribution in [0.5, 0.6) is 5.75 Å². The van der Waals surface area contributed by atoms with Crippen LogP contribution in [0.25, 0.3) is 0 Å². The van der Waals surface area contributed by atoms with Crippen molar-refractivity contribution in [1.82, 2.24) is 14.9 Å². The lowest BCUT2D eigenvalue weighted by Crippen LogP contribution is -2.11. The van der Waals surface area contributed by atoms with Gasteiger partial charge in [0.1, 0.15) is 17.8 Å². The maximum absolute atomic E-state index is 11.1. The number of aromatic nitrogens is 3. The van der Waals surface area contributed by atoms with Crippen LogP contribution in [0.3, 0.4) is 0 Å². The largest absolute Gasteiger partial charge is 0.502 e. The zero-order valence-electron chi connectivity index (χ0n) is 8.95. The summed E-state index contributed by atoms with van der Waals surface area (Å²) >= 11 is 1.29. The molecule has 2 heterocycles. The number of nitrogens with zero attached hydrogens (tertiary/aromatic N) is 3. The lowest BCUT2D eigenvalue weighted by atomic mass is 10.4. The van der Waals surface area contributed by atoms with Gasteiger partial charge in [0, 0.05) is 6.07 Å². The highest BCUT2D eigenvalue weighted by Gasteiger charge is 2.08. The van der Waals surface area contributed by atoms with E-state index in [2.05, 4.69) is 10.2 Å². The molecule has 8 heteroatoms. The van der Waals surface area contributed by atoms with Gasteiger partial charge >= 0.3 is 0 Å². The number of aryl methyl sites for hydroxylation is 1. The fraction of sp³-hybridized carbons (Fsp3) is 0.222. The molecular weight excluding hydrogens is 244 g/mol. The Morgan fingerprint density at radius 3 is 2.94 bits per heavy atom. The molecule has 0 unspecified atom stereocenters. The standard InChI is InChI=1S/C9H10N4O3S/c1-5-11-12-9(13(5)10)17-4-6-2-7(14)8(15)3-16-6/h2-3,15H,4,10H2,1H3. The number of hydrogen-bond acceptors (Lipinski definition) is 7. The highest BCUT2D eigenvalue weighted by Crippen LogP contribution is 2.19. The normalized spacial score (nSPS) is 10.6. The van der Waals surface area contributed by atoms with Crippen LogP contribution in [-0.4, -0.2) is 20.0 Å². The molecule has 2 aromatic heterocycles. The number of thioether (sulfide) groups is 1. The van der Waals surface area contributed by atoms with Gasteiger partial charge in [-0.2, -0.15) is 0 Å². The molecule has 0 amide bonds. The number of rotatable bonds is 3. The van der Waals surface area contributed by atoms with Gasteiger partial charge in [-0.25, -0.2) is 4.68 Å². The Hall–Kier alpha value is -1.96. The first-order chi connectivity index (χ1) is 8.08. The molecule has 17 heavy (non-hydrogen) atoms. The fourth-order valence-electron chi connectivity index (χ4n) is 1.10. The number of nitrogen functional groups attached to an aromatic ring is 1. The monoisotopic (exact) mass is 254 g/mol. The molecule has 0 aliphatic heterocycles. The van der Waals surface area contributed by atoms with E-state index < -0.39 is 11.2 Å². The third-order valence-electron chi connectivity index (χ3n) is 2.04. The predicted octanol–water partition coefficient (Wildman–Crippen LogP) is 0.251. The zero-order valence-corrected chi connectivity index (χ0v) is 9.77. The molecule has 2 aromatic rings. The molecule has 3 N–H and O–H groups in total. The van der Waals surface area contributed by atoms with E-state index in [-0.39, 0.29) is 0 Å². The highest BCUT2D eigenvalue weighted by atomic mass is 32.2. The highest BCUT2D eigenvalue weighted by molar-refractivity contribution is 7.98. The number of nitrogens with two attached hydrogens (primary N) is 1. The Balaban J connectivity index is 2.10. The van der Waals surface area contributed by atoms with E-state index in [0.717, 1.165) is 6.26 Å². The Morgan fingerprint density at radius 1 is 1.59 bits per heavy atom. The lowest BCUT2D eigenvalue weighted by molar-refractivity contribution is 0.419. The van der Waals surface area contributed by atoms with E-state index in [1.54, 1.807) is 6.92 Å². The van der Waals surface area contributed by atoms with Gasteiger partial charge in [0.15, 0.2) is 5.75 Å². The molecule has 0 spiro atoms. The minimum atomic E-state index is -0.475. The molecule has 0 saturated carbocycles. The van der Waals surface area contributed by atoms with Gasteiger partial charge in [-0.1, -0.05) is 11.8 Å². The second-order valence-corrected chi connectivity index (χ2v) is 4.23. The topological polar surface area (TPSA) is 107 Å². The van der Waals surface area contributed by atoms with Crippen LogP contribution in [0, 0.1) is 6.92 Å². The van der Waals surface area contributed by atoms with Gasteiger partial charge in [-0.05, 0) is 6.92 Å². The van der Waals surface area contributed by atoms with Crippen molar-refractivity contribution in [3.63, 3.8) is 0 Å². The summed E-state index contributed by atoms with van der Waals surface area (Å²) in [5.41, 5.74) is -0.475. The Morgan fingerprint density at radius 2 is 2.35 bits per heavy atom. The molecule has 0 fully saturated rings. The average molecular weight is 254 g/mol. The maximum Gasteiger partial charge on any atom is 0.226 e. The average Bonchev–Trinajstić information content (AvgIpc) is 2.62. The summed E-state index contributed by atoms with van der Waals surface area (Å²) in [6, 6.07) is 1.23. The minimum Gasteiger partial charge on any atom is -0.502 e. The van der Waals surface area contributed by atoms with Crippen LogP contribution in [0.4, 0.5) is 0 Å². The van der Waals surface area contributed by atoms with Gasteiger partial charge in [0.25, 0.3) is 0 Å². The van der Waals surface area contributed by atoms with Crippen molar-refractivity contribution in [1.29, 1.82) is 0 Å². The molecule has 0 bridgehead atoms. The first-order valence-corrected chi connectivity index (χ1v) is 5.67. The molecule has 90 valence electrons. The van der Waals surface area contributed by atoms with Crippen molar-refractivity contribution < 1.29 is 9.52 Å². The zero-order chi connectivity index (χ0) is 12.4. The minimum absolute atomic E-state index is 0.380. The van der Waals surface area contributed by atoms with E-state index in [1.807, 2.05) is 0 Å². The maximum atomic E-state index is 11.1. The fourth-order valence-corrected chi connectivity index (χ4v) is 1.90. The van der Waals surface area contributed by atoms with Crippen LogP contribution in [0.2, 0.25) is 0 Å². The molecule has 2 rings (SSSR count). The van der Waals surface area contributed by atoms with Crippen molar-refractivity contribution >= 4 is 11.8 Å².